The summed E-state index contributed by atoms with van der Waals surface area (Å²) in [5.41, 5.74) is 0. The maximum Gasteiger partial charge on any atom is 0.356 e. The van der Waals surface area contributed by atoms with E-state index < -0.39 is 7.60 Å². The quantitative estimate of drug-likeness (QED) is 0.744. The molecule has 2 N–H and O–H groups in total. The predicted octanol–water partition coefficient (Wildman–Crippen LogP) is 1.28. The molecule has 78 valence electrons. The smallest absolute Gasteiger partial charge is 0.356 e. The van der Waals surface area contributed by atoms with Gasteiger partial charge < -0.3 is 14.5 Å². The number of ether oxygens (including phenoxy) is 1. The maximum absolute atomic E-state index is 10.8. The molecular weight excluding hydrogens is 203 g/mol. The van der Waals surface area contributed by atoms with E-state index in [1.807, 2.05) is 6.92 Å². The third kappa shape index (κ3) is 3.14. The molecule has 0 radical (unpaired) electrons. The highest BCUT2D eigenvalue weighted by Gasteiger charge is 2.15. The second kappa shape index (κ2) is 4.60. The van der Waals surface area contributed by atoms with Crippen molar-refractivity contribution in [2.24, 2.45) is 0 Å². The highest BCUT2D eigenvalue weighted by molar-refractivity contribution is 7.60. The highest BCUT2D eigenvalue weighted by atomic mass is 31.2. The number of hydrogen-bond acceptors (Lipinski definition) is 2. The average molecular weight is 216 g/mol. The molecule has 4 nitrogen and oxygen atoms in total. The Morgan fingerprint density at radius 1 is 1.29 bits per heavy atom. The second-order valence-corrected chi connectivity index (χ2v) is 4.49. The summed E-state index contributed by atoms with van der Waals surface area (Å²) in [6, 6.07) is 5.88. The molecule has 0 aliphatic heterocycles. The van der Waals surface area contributed by atoms with E-state index >= 15 is 0 Å². The standard InChI is InChI=1S/C9H13O4P/c1-2-7-13-8-3-5-9(6-4-8)14(10,11)12/h3-6H,2,7H2,1H3,(H2,10,11,12). The van der Waals surface area contributed by atoms with E-state index in [-0.39, 0.29) is 5.30 Å². The van der Waals surface area contributed by atoms with Gasteiger partial charge in [-0.15, -0.1) is 0 Å². The Morgan fingerprint density at radius 2 is 1.86 bits per heavy atom. The van der Waals surface area contributed by atoms with Crippen molar-refractivity contribution in [3.63, 3.8) is 0 Å². The van der Waals surface area contributed by atoms with Crippen LogP contribution in [0.5, 0.6) is 5.75 Å². The molecule has 0 saturated heterocycles. The number of benzene rings is 1. The van der Waals surface area contributed by atoms with Gasteiger partial charge >= 0.3 is 7.60 Å². The van der Waals surface area contributed by atoms with Crippen molar-refractivity contribution in [1.82, 2.24) is 0 Å². The summed E-state index contributed by atoms with van der Waals surface area (Å²) >= 11 is 0. The first-order valence-electron chi connectivity index (χ1n) is 4.33. The van der Waals surface area contributed by atoms with Crippen LogP contribution in [0.1, 0.15) is 13.3 Å². The lowest BCUT2D eigenvalue weighted by atomic mass is 10.3. The summed E-state index contributed by atoms with van der Waals surface area (Å²) in [6.07, 6.45) is 0.903. The van der Waals surface area contributed by atoms with Crippen LogP contribution in [0.25, 0.3) is 0 Å². The first-order chi connectivity index (χ1) is 6.54. The number of hydrogen-bond donors (Lipinski definition) is 2. The van der Waals surface area contributed by atoms with Gasteiger partial charge in [0.15, 0.2) is 0 Å². The van der Waals surface area contributed by atoms with Crippen LogP contribution in [-0.2, 0) is 4.57 Å². The number of rotatable bonds is 4. The van der Waals surface area contributed by atoms with Gasteiger partial charge in [0.1, 0.15) is 5.75 Å². The van der Waals surface area contributed by atoms with E-state index in [0.717, 1.165) is 6.42 Å². The van der Waals surface area contributed by atoms with Crippen LogP contribution < -0.4 is 10.0 Å². The minimum atomic E-state index is -4.12. The Morgan fingerprint density at radius 3 is 2.29 bits per heavy atom. The molecule has 0 heterocycles. The Kier molecular flexibility index (Phi) is 3.69. The van der Waals surface area contributed by atoms with E-state index in [2.05, 4.69) is 0 Å². The van der Waals surface area contributed by atoms with Crippen LogP contribution in [0.3, 0.4) is 0 Å². The van der Waals surface area contributed by atoms with Crippen molar-refractivity contribution in [1.29, 1.82) is 0 Å². The summed E-state index contributed by atoms with van der Waals surface area (Å²) in [4.78, 5) is 17.7. The third-order valence-corrected chi connectivity index (χ3v) is 2.62. The van der Waals surface area contributed by atoms with Crippen molar-refractivity contribution >= 4 is 12.9 Å². The minimum absolute atomic E-state index is 0.0151. The van der Waals surface area contributed by atoms with Gasteiger partial charge in [0, 0.05) is 0 Å². The van der Waals surface area contributed by atoms with Crippen LogP contribution in [0, 0.1) is 0 Å². The molecule has 1 rings (SSSR count). The molecule has 14 heavy (non-hydrogen) atoms. The second-order valence-electron chi connectivity index (χ2n) is 2.89. The Balaban J connectivity index is 2.74. The van der Waals surface area contributed by atoms with Crippen LogP contribution in [0.15, 0.2) is 24.3 Å². The normalized spacial score (nSPS) is 11.4. The molecule has 0 spiro atoms. The van der Waals surface area contributed by atoms with Gasteiger partial charge in [-0.2, -0.15) is 0 Å². The van der Waals surface area contributed by atoms with E-state index in [4.69, 9.17) is 14.5 Å². The lowest BCUT2D eigenvalue weighted by Gasteiger charge is -2.06. The van der Waals surface area contributed by atoms with Crippen LogP contribution in [-0.4, -0.2) is 16.4 Å². The molecule has 0 amide bonds. The van der Waals surface area contributed by atoms with E-state index in [1.54, 1.807) is 12.1 Å². The van der Waals surface area contributed by atoms with E-state index in [1.165, 1.54) is 12.1 Å². The first-order valence-corrected chi connectivity index (χ1v) is 5.94. The van der Waals surface area contributed by atoms with Gasteiger partial charge in [0.2, 0.25) is 0 Å². The Labute approximate surface area is 82.7 Å². The lowest BCUT2D eigenvalue weighted by molar-refractivity contribution is 0.317. The fraction of sp³-hybridized carbons (Fsp3) is 0.333. The van der Waals surface area contributed by atoms with Crippen molar-refractivity contribution < 1.29 is 19.1 Å². The fourth-order valence-electron chi connectivity index (χ4n) is 0.956. The molecule has 0 aliphatic carbocycles. The molecule has 0 saturated carbocycles. The third-order valence-electron chi connectivity index (χ3n) is 1.65. The van der Waals surface area contributed by atoms with Crippen molar-refractivity contribution in [2.75, 3.05) is 6.61 Å². The zero-order chi connectivity index (χ0) is 10.6. The molecule has 0 bridgehead atoms. The average Bonchev–Trinajstić information content (AvgIpc) is 2.14. The van der Waals surface area contributed by atoms with Crippen molar-refractivity contribution in [2.45, 2.75) is 13.3 Å². The Bertz CT molecular complexity index is 327. The molecule has 1 aromatic rings. The summed E-state index contributed by atoms with van der Waals surface area (Å²) in [6.45, 7) is 2.60. The molecule has 0 atom stereocenters. The van der Waals surface area contributed by atoms with Crippen LogP contribution in [0.4, 0.5) is 0 Å². The topological polar surface area (TPSA) is 66.8 Å². The van der Waals surface area contributed by atoms with Gasteiger partial charge in [-0.3, -0.25) is 4.57 Å². The van der Waals surface area contributed by atoms with Gasteiger partial charge in [-0.05, 0) is 30.7 Å². The largest absolute Gasteiger partial charge is 0.494 e. The van der Waals surface area contributed by atoms with Crippen molar-refractivity contribution in [3.8, 4) is 5.75 Å². The molecule has 0 unspecified atom stereocenters. The van der Waals surface area contributed by atoms with E-state index in [9.17, 15) is 4.57 Å². The zero-order valence-electron chi connectivity index (χ0n) is 7.88. The molecule has 0 aromatic heterocycles. The molecular formula is C9H13O4P. The summed E-state index contributed by atoms with van der Waals surface area (Å²) < 4.78 is 16.1. The lowest BCUT2D eigenvalue weighted by Crippen LogP contribution is -2.03. The van der Waals surface area contributed by atoms with Crippen molar-refractivity contribution in [3.05, 3.63) is 24.3 Å². The summed E-state index contributed by atoms with van der Waals surface area (Å²) in [7, 11) is -4.12. The predicted molar refractivity (Wildman–Crippen MR) is 53.9 cm³/mol. The summed E-state index contributed by atoms with van der Waals surface area (Å²) in [5, 5.41) is 0.0151. The molecule has 5 heteroatoms. The first kappa shape index (κ1) is 11.2. The fourth-order valence-corrected chi connectivity index (χ4v) is 1.49. The molecule has 0 aliphatic rings. The molecule has 1 aromatic carbocycles. The minimum Gasteiger partial charge on any atom is -0.494 e. The highest BCUT2D eigenvalue weighted by Crippen LogP contribution is 2.33. The van der Waals surface area contributed by atoms with E-state index in [0.29, 0.717) is 12.4 Å². The van der Waals surface area contributed by atoms with Crippen LogP contribution >= 0.6 is 7.60 Å². The monoisotopic (exact) mass is 216 g/mol. The van der Waals surface area contributed by atoms with Crippen LogP contribution in [0.2, 0.25) is 0 Å². The van der Waals surface area contributed by atoms with Gasteiger partial charge in [0.25, 0.3) is 0 Å². The Hall–Kier alpha value is -0.830. The van der Waals surface area contributed by atoms with Gasteiger partial charge in [-0.25, -0.2) is 0 Å². The maximum atomic E-state index is 10.8. The SMILES string of the molecule is CCCOc1ccc(P(=O)(O)O)cc1. The van der Waals surface area contributed by atoms with Gasteiger partial charge in [-0.1, -0.05) is 6.92 Å². The zero-order valence-corrected chi connectivity index (χ0v) is 8.78. The summed E-state index contributed by atoms with van der Waals surface area (Å²) in [5.74, 6) is 0.629. The van der Waals surface area contributed by atoms with Gasteiger partial charge in [0.05, 0.1) is 11.9 Å². The molecule has 0 fully saturated rings.